The number of halogens is 3. The van der Waals surface area contributed by atoms with Crippen LogP contribution in [-0.2, 0) is 14.3 Å². The van der Waals surface area contributed by atoms with Crippen molar-refractivity contribution in [2.45, 2.75) is 51.3 Å². The highest BCUT2D eigenvalue weighted by Gasteiger charge is 2.40. The second kappa shape index (κ2) is 8.02. The molecule has 1 amide bonds. The minimum absolute atomic E-state index is 0.145. The molecular formula is C19H22F3NO4. The molecule has 1 saturated heterocycles. The van der Waals surface area contributed by atoms with E-state index in [-0.39, 0.29) is 12.0 Å². The van der Waals surface area contributed by atoms with Crippen molar-refractivity contribution >= 4 is 12.1 Å². The number of esters is 1. The lowest BCUT2D eigenvalue weighted by Gasteiger charge is -2.32. The molecule has 0 spiro atoms. The van der Waals surface area contributed by atoms with Crippen LogP contribution in [0.25, 0.3) is 0 Å². The van der Waals surface area contributed by atoms with Gasteiger partial charge in [-0.3, -0.25) is 4.90 Å². The molecule has 2 rings (SSSR count). The number of amides is 1. The average molecular weight is 385 g/mol. The fourth-order valence-corrected chi connectivity index (χ4v) is 2.96. The lowest BCUT2D eigenvalue weighted by atomic mass is 10.0. The van der Waals surface area contributed by atoms with Crippen LogP contribution in [0.1, 0.15) is 45.2 Å². The van der Waals surface area contributed by atoms with Crippen LogP contribution in [0.15, 0.2) is 24.3 Å². The van der Waals surface area contributed by atoms with E-state index < -0.39 is 47.2 Å². The van der Waals surface area contributed by atoms with Crippen LogP contribution in [-0.4, -0.2) is 35.7 Å². The summed E-state index contributed by atoms with van der Waals surface area (Å²) in [5, 5.41) is 0. The molecule has 0 N–H and O–H groups in total. The molecule has 1 aromatic rings. The maximum Gasteiger partial charge on any atom is 0.411 e. The largest absolute Gasteiger partial charge is 0.466 e. The molecule has 0 radical (unpaired) electrons. The number of ether oxygens (including phenoxy) is 2. The van der Waals surface area contributed by atoms with Crippen molar-refractivity contribution in [1.82, 2.24) is 4.90 Å². The van der Waals surface area contributed by atoms with Gasteiger partial charge in [0, 0.05) is 17.7 Å². The van der Waals surface area contributed by atoms with Gasteiger partial charge in [-0.05, 0) is 39.7 Å². The number of carbonyl (C=O) groups excluding carboxylic acids is 2. The monoisotopic (exact) mass is 385 g/mol. The van der Waals surface area contributed by atoms with Crippen molar-refractivity contribution in [3.8, 4) is 0 Å². The van der Waals surface area contributed by atoms with E-state index in [1.54, 1.807) is 20.8 Å². The normalized spacial score (nSPS) is 20.2. The van der Waals surface area contributed by atoms with Gasteiger partial charge >= 0.3 is 12.1 Å². The van der Waals surface area contributed by atoms with E-state index in [4.69, 9.17) is 4.74 Å². The maximum atomic E-state index is 14.3. The van der Waals surface area contributed by atoms with Crippen LogP contribution < -0.4 is 0 Å². The second-order valence-electron chi connectivity index (χ2n) is 7.22. The summed E-state index contributed by atoms with van der Waals surface area (Å²) < 4.78 is 51.1. The summed E-state index contributed by atoms with van der Waals surface area (Å²) in [7, 11) is 1.21. The van der Waals surface area contributed by atoms with E-state index in [1.165, 1.54) is 18.1 Å². The summed E-state index contributed by atoms with van der Waals surface area (Å²) in [5.41, 5.74) is -0.957. The molecule has 1 fully saturated rings. The predicted molar refractivity (Wildman–Crippen MR) is 91.3 cm³/mol. The van der Waals surface area contributed by atoms with Crippen molar-refractivity contribution < 1.29 is 32.2 Å². The SMILES string of the molecule is COC(=O)/C=C/[C@H]1CC[C@@H](c2cc(F)c(F)cc2F)N1C(=O)OC(C)(C)C. The standard InChI is InChI=1S/C19H22F3NO4/c1-19(2,3)27-18(25)23-11(6-8-17(24)26-4)5-7-16(23)12-9-14(21)15(22)10-13(12)20/h6,8-11,16H,5,7H2,1-4H3/b8-6+/t11-,16+/m1/s1. The number of likely N-dealkylation sites (tertiary alicyclic amines) is 1. The Bertz CT molecular complexity index is 758. The van der Waals surface area contributed by atoms with Crippen molar-refractivity contribution in [3.63, 3.8) is 0 Å². The summed E-state index contributed by atoms with van der Waals surface area (Å²) >= 11 is 0. The predicted octanol–water partition coefficient (Wildman–Crippen LogP) is 4.27. The summed E-state index contributed by atoms with van der Waals surface area (Å²) in [5.74, 6) is -4.07. The molecule has 1 aliphatic heterocycles. The van der Waals surface area contributed by atoms with E-state index in [0.29, 0.717) is 12.5 Å². The Morgan fingerprint density at radius 2 is 1.74 bits per heavy atom. The van der Waals surface area contributed by atoms with E-state index >= 15 is 0 Å². The maximum absolute atomic E-state index is 14.3. The molecule has 2 atom stereocenters. The van der Waals surface area contributed by atoms with Gasteiger partial charge in [0.15, 0.2) is 11.6 Å². The van der Waals surface area contributed by atoms with Crippen molar-refractivity contribution in [2.24, 2.45) is 0 Å². The molecule has 5 nitrogen and oxygen atoms in total. The van der Waals surface area contributed by atoms with Crippen LogP contribution in [0.4, 0.5) is 18.0 Å². The van der Waals surface area contributed by atoms with Gasteiger partial charge < -0.3 is 9.47 Å². The Labute approximate surface area is 155 Å². The first-order valence-electron chi connectivity index (χ1n) is 8.45. The van der Waals surface area contributed by atoms with Crippen LogP contribution in [0.5, 0.6) is 0 Å². The van der Waals surface area contributed by atoms with E-state index in [9.17, 15) is 22.8 Å². The number of carbonyl (C=O) groups is 2. The number of methoxy groups -OCH3 is 1. The molecule has 0 bridgehead atoms. The number of hydrogen-bond donors (Lipinski definition) is 0. The zero-order valence-corrected chi connectivity index (χ0v) is 15.6. The van der Waals surface area contributed by atoms with Gasteiger partial charge in [-0.1, -0.05) is 6.08 Å². The van der Waals surface area contributed by atoms with Crippen LogP contribution in [0.3, 0.4) is 0 Å². The van der Waals surface area contributed by atoms with Gasteiger partial charge in [0.2, 0.25) is 0 Å². The first-order valence-corrected chi connectivity index (χ1v) is 8.45. The highest BCUT2D eigenvalue weighted by atomic mass is 19.2. The van der Waals surface area contributed by atoms with Crippen LogP contribution in [0, 0.1) is 17.5 Å². The fraction of sp³-hybridized carbons (Fsp3) is 0.474. The zero-order valence-electron chi connectivity index (χ0n) is 15.6. The summed E-state index contributed by atoms with van der Waals surface area (Å²) in [6.45, 7) is 5.02. The molecule has 0 aromatic heterocycles. The molecule has 1 aromatic carbocycles. The average Bonchev–Trinajstić information content (AvgIpc) is 2.98. The second-order valence-corrected chi connectivity index (χ2v) is 7.22. The highest BCUT2D eigenvalue weighted by molar-refractivity contribution is 5.82. The van der Waals surface area contributed by atoms with Gasteiger partial charge in [0.05, 0.1) is 19.2 Å². The number of benzene rings is 1. The number of nitrogens with zero attached hydrogens (tertiary/aromatic N) is 1. The minimum Gasteiger partial charge on any atom is -0.466 e. The van der Waals surface area contributed by atoms with Crippen LogP contribution in [0.2, 0.25) is 0 Å². The quantitative estimate of drug-likeness (QED) is 0.443. The number of rotatable bonds is 3. The minimum atomic E-state index is -1.31. The molecule has 1 aliphatic rings. The Morgan fingerprint density at radius 3 is 2.33 bits per heavy atom. The van der Waals surface area contributed by atoms with Crippen molar-refractivity contribution in [1.29, 1.82) is 0 Å². The summed E-state index contributed by atoms with van der Waals surface area (Å²) in [4.78, 5) is 25.3. The molecule has 0 saturated carbocycles. The first-order chi connectivity index (χ1) is 12.5. The third-order valence-electron chi connectivity index (χ3n) is 4.09. The summed E-state index contributed by atoms with van der Waals surface area (Å²) in [6.07, 6.45) is 2.54. The molecular weight excluding hydrogens is 363 g/mol. The summed E-state index contributed by atoms with van der Waals surface area (Å²) in [6, 6.07) is -0.243. The fourth-order valence-electron chi connectivity index (χ4n) is 2.96. The molecule has 148 valence electrons. The molecule has 0 aliphatic carbocycles. The highest BCUT2D eigenvalue weighted by Crippen LogP contribution is 2.39. The molecule has 1 heterocycles. The Morgan fingerprint density at radius 1 is 1.11 bits per heavy atom. The van der Waals surface area contributed by atoms with E-state index in [2.05, 4.69) is 4.74 Å². The third kappa shape index (κ3) is 5.02. The van der Waals surface area contributed by atoms with E-state index in [1.807, 2.05) is 0 Å². The van der Waals surface area contributed by atoms with E-state index in [0.717, 1.165) is 12.1 Å². The van der Waals surface area contributed by atoms with Gasteiger partial charge in [-0.25, -0.2) is 22.8 Å². The topological polar surface area (TPSA) is 55.8 Å². The van der Waals surface area contributed by atoms with Crippen molar-refractivity contribution in [3.05, 3.63) is 47.3 Å². The first kappa shape index (κ1) is 20.8. The molecule has 0 unspecified atom stereocenters. The Hall–Kier alpha value is -2.51. The lowest BCUT2D eigenvalue weighted by molar-refractivity contribution is -0.134. The lowest BCUT2D eigenvalue weighted by Crippen LogP contribution is -2.40. The Balaban J connectivity index is 2.41. The molecule has 27 heavy (non-hydrogen) atoms. The van der Waals surface area contributed by atoms with Gasteiger partial charge in [-0.2, -0.15) is 0 Å². The van der Waals surface area contributed by atoms with Gasteiger partial charge in [-0.15, -0.1) is 0 Å². The van der Waals surface area contributed by atoms with Crippen LogP contribution >= 0.6 is 0 Å². The van der Waals surface area contributed by atoms with Crippen molar-refractivity contribution in [2.75, 3.05) is 7.11 Å². The number of hydrogen-bond acceptors (Lipinski definition) is 4. The van der Waals surface area contributed by atoms with Gasteiger partial charge in [0.1, 0.15) is 11.4 Å². The Kier molecular flexibility index (Phi) is 6.18. The molecule has 8 heteroatoms. The third-order valence-corrected chi connectivity index (χ3v) is 4.09. The van der Waals surface area contributed by atoms with Gasteiger partial charge in [0.25, 0.3) is 0 Å². The smallest absolute Gasteiger partial charge is 0.411 e. The zero-order chi connectivity index (χ0) is 20.4.